The van der Waals surface area contributed by atoms with E-state index in [1.54, 1.807) is 0 Å². The van der Waals surface area contributed by atoms with Crippen molar-refractivity contribution >= 4 is 0 Å². The summed E-state index contributed by atoms with van der Waals surface area (Å²) in [4.78, 5) is 2.45. The number of nitrogens with one attached hydrogen (secondary N) is 1. The van der Waals surface area contributed by atoms with Gasteiger partial charge in [-0.1, -0.05) is 31.2 Å². The van der Waals surface area contributed by atoms with Crippen molar-refractivity contribution in [3.8, 4) is 0 Å². The summed E-state index contributed by atoms with van der Waals surface area (Å²) in [6.07, 6.45) is 2.26. The van der Waals surface area contributed by atoms with E-state index in [0.717, 1.165) is 25.9 Å². The average Bonchev–Trinajstić information content (AvgIpc) is 2.36. The predicted molar refractivity (Wildman–Crippen MR) is 73.4 cm³/mol. The van der Waals surface area contributed by atoms with Crippen molar-refractivity contribution in [3.63, 3.8) is 0 Å². The fourth-order valence-electron chi connectivity index (χ4n) is 2.52. The van der Waals surface area contributed by atoms with E-state index in [4.69, 9.17) is 0 Å². The van der Waals surface area contributed by atoms with Gasteiger partial charge in [0.2, 0.25) is 0 Å². The van der Waals surface area contributed by atoms with Crippen molar-refractivity contribution in [1.29, 1.82) is 0 Å². The zero-order chi connectivity index (χ0) is 12.3. The largest absolute Gasteiger partial charge is 0.311 e. The molecule has 1 aromatic carbocycles. The number of piperazine rings is 1. The Bertz CT molecular complexity index is 344. The van der Waals surface area contributed by atoms with E-state index in [1.165, 1.54) is 11.1 Å². The van der Waals surface area contributed by atoms with Gasteiger partial charge in [-0.15, -0.1) is 0 Å². The van der Waals surface area contributed by atoms with Gasteiger partial charge in [0.15, 0.2) is 0 Å². The molecule has 2 heteroatoms. The van der Waals surface area contributed by atoms with Gasteiger partial charge in [0.1, 0.15) is 0 Å². The maximum absolute atomic E-state index is 3.63. The molecule has 1 N–H and O–H groups in total. The number of hydrogen-bond donors (Lipinski definition) is 1. The topological polar surface area (TPSA) is 15.3 Å². The highest BCUT2D eigenvalue weighted by Gasteiger charge is 2.24. The average molecular weight is 232 g/mol. The summed E-state index contributed by atoms with van der Waals surface area (Å²) in [6.45, 7) is 6.79. The number of nitrogens with zero attached hydrogens (tertiary/aromatic N) is 1. The summed E-state index contributed by atoms with van der Waals surface area (Å²) >= 11 is 0. The maximum Gasteiger partial charge on any atom is 0.0261 e. The lowest BCUT2D eigenvalue weighted by atomic mass is 9.97. The summed E-state index contributed by atoms with van der Waals surface area (Å²) in [5, 5.41) is 3.63. The quantitative estimate of drug-likeness (QED) is 0.858. The van der Waals surface area contributed by atoms with Crippen molar-refractivity contribution < 1.29 is 0 Å². The zero-order valence-electron chi connectivity index (χ0n) is 11.2. The lowest BCUT2D eigenvalue weighted by Crippen LogP contribution is -2.55. The molecule has 1 saturated heterocycles. The van der Waals surface area contributed by atoms with Gasteiger partial charge < -0.3 is 10.2 Å². The molecule has 1 aliphatic heterocycles. The number of aryl methyl sites for hydroxylation is 1. The van der Waals surface area contributed by atoms with Crippen LogP contribution in [0.3, 0.4) is 0 Å². The van der Waals surface area contributed by atoms with Crippen LogP contribution < -0.4 is 5.32 Å². The summed E-state index contributed by atoms with van der Waals surface area (Å²) in [5.74, 6) is 0. The first-order valence-electron chi connectivity index (χ1n) is 6.72. The molecular formula is C15H24N2. The van der Waals surface area contributed by atoms with E-state index in [0.29, 0.717) is 12.1 Å². The lowest BCUT2D eigenvalue weighted by Gasteiger charge is -2.38. The van der Waals surface area contributed by atoms with Crippen LogP contribution in [0.2, 0.25) is 0 Å². The Morgan fingerprint density at radius 2 is 1.88 bits per heavy atom. The molecule has 1 heterocycles. The minimum absolute atomic E-state index is 0.584. The minimum Gasteiger partial charge on any atom is -0.311 e. The number of likely N-dealkylation sites (N-methyl/N-ethyl adjacent to an activating group) is 1. The first-order chi connectivity index (χ1) is 8.20. The van der Waals surface area contributed by atoms with E-state index in [2.05, 4.69) is 55.4 Å². The van der Waals surface area contributed by atoms with Gasteiger partial charge in [-0.25, -0.2) is 0 Å². The molecule has 0 radical (unpaired) electrons. The maximum atomic E-state index is 3.63. The second kappa shape index (κ2) is 5.65. The van der Waals surface area contributed by atoms with E-state index < -0.39 is 0 Å². The highest BCUT2D eigenvalue weighted by Crippen LogP contribution is 2.13. The van der Waals surface area contributed by atoms with E-state index in [-0.39, 0.29) is 0 Å². The highest BCUT2D eigenvalue weighted by atomic mass is 15.2. The van der Waals surface area contributed by atoms with Crippen LogP contribution in [-0.2, 0) is 12.8 Å². The normalized spacial score (nSPS) is 26.1. The Morgan fingerprint density at radius 1 is 1.24 bits per heavy atom. The van der Waals surface area contributed by atoms with Crippen LogP contribution in [0, 0.1) is 0 Å². The van der Waals surface area contributed by atoms with Crippen molar-refractivity contribution in [3.05, 3.63) is 35.4 Å². The van der Waals surface area contributed by atoms with Crippen LogP contribution in [0.4, 0.5) is 0 Å². The zero-order valence-corrected chi connectivity index (χ0v) is 11.2. The molecule has 1 fully saturated rings. The highest BCUT2D eigenvalue weighted by molar-refractivity contribution is 5.23. The predicted octanol–water partition coefficient (Wildman–Crippen LogP) is 2.08. The lowest BCUT2D eigenvalue weighted by molar-refractivity contribution is 0.163. The number of rotatable bonds is 3. The van der Waals surface area contributed by atoms with E-state index in [1.807, 2.05) is 0 Å². The van der Waals surface area contributed by atoms with Crippen LogP contribution in [0.5, 0.6) is 0 Å². The Labute approximate surface area is 105 Å². The first-order valence-corrected chi connectivity index (χ1v) is 6.72. The van der Waals surface area contributed by atoms with Gasteiger partial charge in [0.05, 0.1) is 0 Å². The molecule has 17 heavy (non-hydrogen) atoms. The second-order valence-corrected chi connectivity index (χ2v) is 5.16. The van der Waals surface area contributed by atoms with E-state index in [9.17, 15) is 0 Å². The molecular weight excluding hydrogens is 208 g/mol. The van der Waals surface area contributed by atoms with Crippen LogP contribution in [-0.4, -0.2) is 37.1 Å². The third-order valence-electron chi connectivity index (χ3n) is 4.04. The molecule has 94 valence electrons. The molecule has 0 saturated carbocycles. The molecule has 0 aromatic heterocycles. The summed E-state index contributed by atoms with van der Waals surface area (Å²) in [7, 11) is 2.22. The number of hydrogen-bond acceptors (Lipinski definition) is 2. The molecule has 2 unspecified atom stereocenters. The third kappa shape index (κ3) is 3.08. The van der Waals surface area contributed by atoms with Crippen molar-refractivity contribution in [2.75, 3.05) is 20.1 Å². The molecule has 0 bridgehead atoms. The van der Waals surface area contributed by atoms with Crippen LogP contribution in [0.1, 0.15) is 25.0 Å². The molecule has 0 aliphatic carbocycles. The standard InChI is InChI=1S/C15H24N2/c1-4-13-5-7-14(8-6-13)11-15-12(2)17(3)10-9-16-15/h5-8,12,15-16H,4,9-11H2,1-3H3. The molecule has 0 amide bonds. The molecule has 2 nitrogen and oxygen atoms in total. The van der Waals surface area contributed by atoms with Crippen molar-refractivity contribution in [1.82, 2.24) is 10.2 Å². The van der Waals surface area contributed by atoms with Crippen molar-refractivity contribution in [2.45, 2.75) is 38.8 Å². The fraction of sp³-hybridized carbons (Fsp3) is 0.600. The van der Waals surface area contributed by atoms with Crippen LogP contribution in [0.25, 0.3) is 0 Å². The Kier molecular flexibility index (Phi) is 4.19. The fourth-order valence-corrected chi connectivity index (χ4v) is 2.52. The molecule has 1 aliphatic rings. The van der Waals surface area contributed by atoms with Crippen LogP contribution in [0.15, 0.2) is 24.3 Å². The summed E-state index contributed by atoms with van der Waals surface area (Å²) in [5.41, 5.74) is 2.87. The second-order valence-electron chi connectivity index (χ2n) is 5.16. The monoisotopic (exact) mass is 232 g/mol. The summed E-state index contributed by atoms with van der Waals surface area (Å²) < 4.78 is 0. The smallest absolute Gasteiger partial charge is 0.0261 e. The molecule has 1 aromatic rings. The SMILES string of the molecule is CCc1ccc(CC2NCCN(C)C2C)cc1. The van der Waals surface area contributed by atoms with Gasteiger partial charge in [0.25, 0.3) is 0 Å². The summed E-state index contributed by atoms with van der Waals surface area (Å²) in [6, 6.07) is 10.3. The Hall–Kier alpha value is -0.860. The van der Waals surface area contributed by atoms with Gasteiger partial charge in [-0.2, -0.15) is 0 Å². The Morgan fingerprint density at radius 3 is 2.53 bits per heavy atom. The molecule has 0 spiro atoms. The van der Waals surface area contributed by atoms with Crippen molar-refractivity contribution in [2.24, 2.45) is 0 Å². The molecule has 2 rings (SSSR count). The van der Waals surface area contributed by atoms with Gasteiger partial charge in [-0.3, -0.25) is 0 Å². The van der Waals surface area contributed by atoms with Crippen LogP contribution >= 0.6 is 0 Å². The minimum atomic E-state index is 0.584. The van der Waals surface area contributed by atoms with Gasteiger partial charge in [-0.05, 0) is 37.9 Å². The number of benzene rings is 1. The molecule has 2 atom stereocenters. The van der Waals surface area contributed by atoms with Gasteiger partial charge in [0, 0.05) is 25.2 Å². The third-order valence-corrected chi connectivity index (χ3v) is 4.04. The first kappa shape index (κ1) is 12.6. The Balaban J connectivity index is 1.99. The van der Waals surface area contributed by atoms with Gasteiger partial charge >= 0.3 is 0 Å². The van der Waals surface area contributed by atoms with E-state index >= 15 is 0 Å².